The van der Waals surface area contributed by atoms with Gasteiger partial charge in [-0.25, -0.2) is 15.0 Å². The van der Waals surface area contributed by atoms with E-state index < -0.39 is 5.91 Å². The molecular formula is C29H24Cl2N6O4. The summed E-state index contributed by atoms with van der Waals surface area (Å²) in [4.78, 5) is 25.3. The van der Waals surface area contributed by atoms with Gasteiger partial charge >= 0.3 is 0 Å². The van der Waals surface area contributed by atoms with Crippen LogP contribution in [-0.2, 0) is 4.79 Å². The SMILES string of the molecule is C#CCOc1ccc(Nc2cc(-c3cccnc3Nc3c(Cl)c(OC)cc(OC)c3Cl)ncn2)c(NC(=O)C=C)c1. The average Bonchev–Trinajstić information content (AvgIpc) is 2.99. The quantitative estimate of drug-likeness (QED) is 0.133. The number of carbonyl (C=O) groups is 1. The summed E-state index contributed by atoms with van der Waals surface area (Å²) in [6, 6.07) is 12.0. The summed E-state index contributed by atoms with van der Waals surface area (Å²) in [7, 11) is 2.98. The first kappa shape index (κ1) is 29.0. The smallest absolute Gasteiger partial charge is 0.247 e. The molecule has 0 atom stereocenters. The molecule has 4 rings (SSSR count). The zero-order valence-electron chi connectivity index (χ0n) is 22.0. The lowest BCUT2D eigenvalue weighted by atomic mass is 10.1. The summed E-state index contributed by atoms with van der Waals surface area (Å²) >= 11 is 13.1. The van der Waals surface area contributed by atoms with Crippen LogP contribution >= 0.6 is 23.2 Å². The van der Waals surface area contributed by atoms with E-state index in [1.165, 1.54) is 20.5 Å². The monoisotopic (exact) mass is 590 g/mol. The molecule has 0 fully saturated rings. The summed E-state index contributed by atoms with van der Waals surface area (Å²) in [5.41, 5.74) is 2.50. The molecule has 0 unspecified atom stereocenters. The molecule has 4 aromatic rings. The maximum atomic E-state index is 12.1. The van der Waals surface area contributed by atoms with Crippen molar-refractivity contribution in [1.82, 2.24) is 15.0 Å². The fraction of sp³-hybridized carbons (Fsp3) is 0.103. The van der Waals surface area contributed by atoms with Gasteiger partial charge in [0.1, 0.15) is 51.9 Å². The number of nitrogens with one attached hydrogen (secondary N) is 3. The summed E-state index contributed by atoms with van der Waals surface area (Å²) in [6.45, 7) is 3.58. The Morgan fingerprint density at radius 3 is 2.46 bits per heavy atom. The molecule has 0 aliphatic carbocycles. The maximum absolute atomic E-state index is 12.1. The number of benzene rings is 2. The van der Waals surface area contributed by atoms with Crippen LogP contribution < -0.4 is 30.2 Å². The van der Waals surface area contributed by atoms with Crippen LogP contribution in [0.5, 0.6) is 17.2 Å². The van der Waals surface area contributed by atoms with Crippen molar-refractivity contribution in [2.24, 2.45) is 0 Å². The van der Waals surface area contributed by atoms with Gasteiger partial charge in [0.2, 0.25) is 5.91 Å². The third-order valence-electron chi connectivity index (χ3n) is 5.59. The number of pyridine rings is 1. The first-order chi connectivity index (χ1) is 19.9. The van der Waals surface area contributed by atoms with Crippen molar-refractivity contribution in [2.75, 3.05) is 36.8 Å². The summed E-state index contributed by atoms with van der Waals surface area (Å²) < 4.78 is 16.2. The highest BCUT2D eigenvalue weighted by Crippen LogP contribution is 2.45. The van der Waals surface area contributed by atoms with E-state index in [0.29, 0.717) is 57.2 Å². The summed E-state index contributed by atoms with van der Waals surface area (Å²) in [6.07, 6.45) is 9.46. The van der Waals surface area contributed by atoms with E-state index in [2.05, 4.69) is 43.4 Å². The lowest BCUT2D eigenvalue weighted by Gasteiger charge is -2.17. The molecule has 0 spiro atoms. The van der Waals surface area contributed by atoms with Crippen molar-refractivity contribution in [3.8, 4) is 40.8 Å². The number of carbonyl (C=O) groups excluding carboxylic acids is 1. The predicted molar refractivity (Wildman–Crippen MR) is 161 cm³/mol. The summed E-state index contributed by atoms with van der Waals surface area (Å²) in [5.74, 6) is 4.09. The molecule has 0 radical (unpaired) electrons. The van der Waals surface area contributed by atoms with Crippen molar-refractivity contribution < 1.29 is 19.0 Å². The molecule has 2 aromatic heterocycles. The van der Waals surface area contributed by atoms with E-state index >= 15 is 0 Å². The van der Waals surface area contributed by atoms with Crippen molar-refractivity contribution in [3.63, 3.8) is 0 Å². The number of terminal acetylenes is 1. The number of hydrogen-bond acceptors (Lipinski definition) is 9. The lowest BCUT2D eigenvalue weighted by molar-refractivity contribution is -0.111. The highest BCUT2D eigenvalue weighted by Gasteiger charge is 2.20. The Morgan fingerprint density at radius 2 is 1.78 bits per heavy atom. The van der Waals surface area contributed by atoms with Gasteiger partial charge in [0.05, 0.1) is 37.0 Å². The molecule has 12 heteroatoms. The van der Waals surface area contributed by atoms with Crippen LogP contribution in [0.4, 0.5) is 28.7 Å². The van der Waals surface area contributed by atoms with Gasteiger partial charge < -0.3 is 30.2 Å². The van der Waals surface area contributed by atoms with Gasteiger partial charge in [0, 0.05) is 30.0 Å². The number of ether oxygens (including phenoxy) is 3. The van der Waals surface area contributed by atoms with Gasteiger partial charge in [-0.2, -0.15) is 0 Å². The number of amides is 1. The van der Waals surface area contributed by atoms with Crippen LogP contribution in [0.3, 0.4) is 0 Å². The summed E-state index contributed by atoms with van der Waals surface area (Å²) in [5, 5.41) is 9.64. The highest BCUT2D eigenvalue weighted by atomic mass is 35.5. The molecule has 41 heavy (non-hydrogen) atoms. The third-order valence-corrected chi connectivity index (χ3v) is 6.34. The number of anilines is 5. The molecule has 3 N–H and O–H groups in total. The first-order valence-corrected chi connectivity index (χ1v) is 12.7. The minimum absolute atomic E-state index is 0.0807. The van der Waals surface area contributed by atoms with E-state index in [9.17, 15) is 4.79 Å². The topological polar surface area (TPSA) is 120 Å². The Hall–Kier alpha value is -4.98. The Kier molecular flexibility index (Phi) is 9.47. The number of nitrogens with zero attached hydrogens (tertiary/aromatic N) is 3. The highest BCUT2D eigenvalue weighted by molar-refractivity contribution is 6.41. The number of rotatable bonds is 11. The molecule has 0 aliphatic rings. The van der Waals surface area contributed by atoms with Gasteiger partial charge in [-0.3, -0.25) is 4.79 Å². The Bertz CT molecular complexity index is 1610. The van der Waals surface area contributed by atoms with E-state index in [1.807, 2.05) is 6.07 Å². The predicted octanol–water partition coefficient (Wildman–Crippen LogP) is 6.49. The fourth-order valence-corrected chi connectivity index (χ4v) is 4.27. The second-order valence-electron chi connectivity index (χ2n) is 8.12. The minimum Gasteiger partial charge on any atom is -0.495 e. The Morgan fingerprint density at radius 1 is 1.02 bits per heavy atom. The van der Waals surface area contributed by atoms with E-state index in [4.69, 9.17) is 43.8 Å². The lowest BCUT2D eigenvalue weighted by Crippen LogP contribution is -2.10. The van der Waals surface area contributed by atoms with E-state index in [-0.39, 0.29) is 16.7 Å². The minimum atomic E-state index is -0.400. The average molecular weight is 591 g/mol. The van der Waals surface area contributed by atoms with E-state index in [1.54, 1.807) is 42.6 Å². The molecule has 0 aliphatic heterocycles. The standard InChI is InChI=1S/C29H24Cl2N6O4/c1-5-12-41-17-9-10-19(21(13-17)36-25(38)6-2)35-24-14-20(33-16-34-24)18-8-7-11-32-29(18)37-28-26(30)22(39-3)15-23(40-4)27(28)31/h1,6-11,13-16H,2,12H2,3-4H3,(H,32,37)(H,36,38)(H,33,34,35). The zero-order valence-corrected chi connectivity index (χ0v) is 23.5. The molecule has 2 heterocycles. The number of halogens is 2. The molecule has 10 nitrogen and oxygen atoms in total. The maximum Gasteiger partial charge on any atom is 0.247 e. The molecule has 1 amide bonds. The normalized spacial score (nSPS) is 10.2. The largest absolute Gasteiger partial charge is 0.495 e. The van der Waals surface area contributed by atoms with Gasteiger partial charge in [-0.1, -0.05) is 35.7 Å². The van der Waals surface area contributed by atoms with Crippen LogP contribution in [0.15, 0.2) is 67.6 Å². The molecule has 0 saturated heterocycles. The van der Waals surface area contributed by atoms with Gasteiger partial charge in [0.15, 0.2) is 0 Å². The molecule has 208 valence electrons. The van der Waals surface area contributed by atoms with Crippen LogP contribution in [0.2, 0.25) is 10.0 Å². The van der Waals surface area contributed by atoms with Crippen molar-refractivity contribution in [1.29, 1.82) is 0 Å². The van der Waals surface area contributed by atoms with Gasteiger partial charge in [-0.15, -0.1) is 6.42 Å². The van der Waals surface area contributed by atoms with Gasteiger partial charge in [-0.05, 0) is 30.3 Å². The molecular weight excluding hydrogens is 567 g/mol. The first-order valence-electron chi connectivity index (χ1n) is 11.9. The van der Waals surface area contributed by atoms with Crippen molar-refractivity contribution >= 4 is 57.8 Å². The zero-order chi connectivity index (χ0) is 29.4. The molecule has 0 bridgehead atoms. The number of aromatic nitrogens is 3. The van der Waals surface area contributed by atoms with E-state index in [0.717, 1.165) is 6.08 Å². The van der Waals surface area contributed by atoms with Gasteiger partial charge in [0.25, 0.3) is 0 Å². The Balaban J connectivity index is 1.69. The second-order valence-corrected chi connectivity index (χ2v) is 8.87. The van der Waals surface area contributed by atoms with Crippen LogP contribution in [0.1, 0.15) is 0 Å². The van der Waals surface area contributed by atoms with Crippen LogP contribution in [0, 0.1) is 12.3 Å². The Labute approximate surface area is 246 Å². The fourth-order valence-electron chi connectivity index (χ4n) is 3.67. The van der Waals surface area contributed by atoms with Crippen molar-refractivity contribution in [2.45, 2.75) is 0 Å². The molecule has 2 aromatic carbocycles. The van der Waals surface area contributed by atoms with Crippen molar-refractivity contribution in [3.05, 3.63) is 77.7 Å². The molecule has 0 saturated carbocycles. The third kappa shape index (κ3) is 6.78. The number of methoxy groups -OCH3 is 2. The number of hydrogen-bond donors (Lipinski definition) is 3. The van der Waals surface area contributed by atoms with Crippen LogP contribution in [0.25, 0.3) is 11.3 Å². The second kappa shape index (κ2) is 13.4. The van der Waals surface area contributed by atoms with Crippen LogP contribution in [-0.4, -0.2) is 41.7 Å².